The van der Waals surface area contributed by atoms with Crippen LogP contribution >= 0.6 is 23.2 Å². The van der Waals surface area contributed by atoms with Crippen LogP contribution in [0.1, 0.15) is 79.5 Å². The molecule has 0 bridgehead atoms. The van der Waals surface area contributed by atoms with Crippen molar-refractivity contribution in [2.75, 3.05) is 19.8 Å². The highest BCUT2D eigenvalue weighted by molar-refractivity contribution is 6.32. The van der Waals surface area contributed by atoms with Crippen LogP contribution in [0.5, 0.6) is 5.75 Å². The number of aliphatic hydroxyl groups excluding tert-OH is 2. The molecule has 0 spiro atoms. The fourth-order valence-corrected chi connectivity index (χ4v) is 7.30. The number of nitrogens with one attached hydrogen (secondary N) is 1. The summed E-state index contributed by atoms with van der Waals surface area (Å²) in [6, 6.07) is 41.1. The Balaban J connectivity index is 0.000000241. The standard InChI is InChI=1S/C28H30FNO2.C27H26Cl2O3/c1-20-6-7-24(16-21(20)2)17-26(25-4-3-5-27(29)18-25)13-12-22-8-10-23(11-9-22)19-30-15-14-28(31)32;1-18-6-7-21(12-19(18)2)13-23(22-4-3-5-24(28)15-22)10-8-20-9-11-27(26(29)14-20)32-17-25(31)16-30/h3-13,16,18,26,30H,14-15,17,19H2,1-2H3,(H,31,32);3-7,9,11-12,14-15,23,25,30-31H,13,16-17H2,1-2H3/b13-12+;. The minimum Gasteiger partial charge on any atom is -0.489 e. The quantitative estimate of drug-likeness (QED) is 0.0538. The molecule has 64 heavy (non-hydrogen) atoms. The van der Waals surface area contributed by atoms with Crippen LogP contribution in [0.4, 0.5) is 4.39 Å². The van der Waals surface area contributed by atoms with Crippen LogP contribution in [0.3, 0.4) is 0 Å². The number of benzene rings is 6. The van der Waals surface area contributed by atoms with E-state index in [9.17, 15) is 14.3 Å². The lowest BCUT2D eigenvalue weighted by molar-refractivity contribution is -0.136. The van der Waals surface area contributed by atoms with Gasteiger partial charge in [0.05, 0.1) is 18.1 Å². The highest BCUT2D eigenvalue weighted by Gasteiger charge is 2.14. The SMILES string of the molecule is Cc1ccc(CC(/C=C/c2ccc(CNCCC(=O)O)cc2)c2cccc(F)c2)cc1C.Cc1ccc(CC(C#Cc2ccc(OCC(O)CO)c(Cl)c2)c2cccc(Cl)c2)cc1C. The van der Waals surface area contributed by atoms with Gasteiger partial charge < -0.3 is 25.4 Å². The molecule has 0 amide bonds. The van der Waals surface area contributed by atoms with Gasteiger partial charge in [-0.1, -0.05) is 132 Å². The van der Waals surface area contributed by atoms with Crippen molar-refractivity contribution in [3.8, 4) is 17.6 Å². The monoisotopic (exact) mass is 899 g/mol. The van der Waals surface area contributed by atoms with E-state index in [1.807, 2.05) is 60.7 Å². The number of aliphatic hydroxyl groups is 2. The summed E-state index contributed by atoms with van der Waals surface area (Å²) in [5.41, 5.74) is 12.5. The number of hydrogen-bond donors (Lipinski definition) is 4. The first-order chi connectivity index (χ1) is 30.8. The third-order valence-electron chi connectivity index (χ3n) is 10.9. The summed E-state index contributed by atoms with van der Waals surface area (Å²) >= 11 is 12.6. The minimum atomic E-state index is -0.950. The van der Waals surface area contributed by atoms with E-state index in [0.29, 0.717) is 28.9 Å². The topological polar surface area (TPSA) is 99.0 Å². The number of hydrogen-bond acceptors (Lipinski definition) is 5. The average Bonchev–Trinajstić information content (AvgIpc) is 3.27. The highest BCUT2D eigenvalue weighted by atomic mass is 35.5. The second kappa shape index (κ2) is 24.9. The third kappa shape index (κ3) is 16.1. The number of aryl methyl sites for hydroxylation is 4. The molecule has 0 fully saturated rings. The normalized spacial score (nSPS) is 12.4. The molecule has 0 aliphatic rings. The first-order valence-electron chi connectivity index (χ1n) is 21.3. The zero-order valence-corrected chi connectivity index (χ0v) is 38.3. The van der Waals surface area contributed by atoms with Crippen molar-refractivity contribution >= 4 is 35.2 Å². The second-order valence-corrected chi connectivity index (χ2v) is 16.8. The summed E-state index contributed by atoms with van der Waals surface area (Å²) in [7, 11) is 0. The number of carbonyl (C=O) groups is 1. The van der Waals surface area contributed by atoms with Crippen molar-refractivity contribution < 1.29 is 29.2 Å². The van der Waals surface area contributed by atoms with Crippen molar-refractivity contribution in [2.24, 2.45) is 0 Å². The van der Waals surface area contributed by atoms with E-state index in [-0.39, 0.29) is 37.3 Å². The lowest BCUT2D eigenvalue weighted by atomic mass is 9.90. The molecule has 6 rings (SSSR count). The van der Waals surface area contributed by atoms with Gasteiger partial charge in [0.25, 0.3) is 0 Å². The maximum Gasteiger partial charge on any atom is 0.304 e. The Kier molecular flexibility index (Phi) is 19.2. The molecule has 0 saturated heterocycles. The Labute approximate surface area is 387 Å². The molecule has 332 valence electrons. The van der Waals surface area contributed by atoms with Crippen LogP contribution in [-0.4, -0.2) is 47.2 Å². The second-order valence-electron chi connectivity index (χ2n) is 16.0. The van der Waals surface area contributed by atoms with Crippen molar-refractivity contribution in [2.45, 2.75) is 71.4 Å². The van der Waals surface area contributed by atoms with Gasteiger partial charge in [-0.15, -0.1) is 0 Å². The Morgan fingerprint density at radius 3 is 2.05 bits per heavy atom. The molecule has 0 heterocycles. The van der Waals surface area contributed by atoms with E-state index in [4.69, 9.17) is 38.2 Å². The predicted octanol–water partition coefficient (Wildman–Crippen LogP) is 11.8. The summed E-state index contributed by atoms with van der Waals surface area (Å²) in [5, 5.41) is 31.3. The van der Waals surface area contributed by atoms with E-state index in [1.165, 1.54) is 39.4 Å². The van der Waals surface area contributed by atoms with Crippen molar-refractivity contribution in [1.82, 2.24) is 5.32 Å². The summed E-state index contributed by atoms with van der Waals surface area (Å²) in [4.78, 5) is 10.6. The molecule has 6 nitrogen and oxygen atoms in total. The Hall–Kier alpha value is -5.72. The Bertz CT molecular complexity index is 2560. The molecule has 0 saturated carbocycles. The number of carboxylic acid groups (broad SMARTS) is 1. The first-order valence-corrected chi connectivity index (χ1v) is 22.1. The molecule has 0 aliphatic carbocycles. The van der Waals surface area contributed by atoms with Crippen LogP contribution in [-0.2, 0) is 24.2 Å². The Morgan fingerprint density at radius 2 is 1.42 bits per heavy atom. The fraction of sp³-hybridized carbons (Fsp3) is 0.255. The van der Waals surface area contributed by atoms with Crippen molar-refractivity contribution in [1.29, 1.82) is 0 Å². The molecule has 0 radical (unpaired) electrons. The molecule has 9 heteroatoms. The van der Waals surface area contributed by atoms with E-state index < -0.39 is 12.1 Å². The molecule has 0 aliphatic heterocycles. The summed E-state index contributed by atoms with van der Waals surface area (Å²) in [6.45, 7) is 9.12. The average molecular weight is 901 g/mol. The third-order valence-corrected chi connectivity index (χ3v) is 11.4. The molecule has 3 atom stereocenters. The van der Waals surface area contributed by atoms with Gasteiger partial charge in [0.1, 0.15) is 24.3 Å². The van der Waals surface area contributed by atoms with E-state index >= 15 is 0 Å². The van der Waals surface area contributed by atoms with Gasteiger partial charge >= 0.3 is 5.97 Å². The van der Waals surface area contributed by atoms with Gasteiger partial charge in [0, 0.05) is 35.5 Å². The van der Waals surface area contributed by atoms with Crippen LogP contribution < -0.4 is 10.1 Å². The number of aliphatic carboxylic acids is 1. The van der Waals surface area contributed by atoms with E-state index in [2.05, 4.69) is 93.4 Å². The molecule has 4 N–H and O–H groups in total. The number of halogens is 3. The predicted molar refractivity (Wildman–Crippen MR) is 259 cm³/mol. The zero-order chi connectivity index (χ0) is 46.0. The van der Waals surface area contributed by atoms with E-state index in [0.717, 1.165) is 40.7 Å². The largest absolute Gasteiger partial charge is 0.489 e. The fourth-order valence-electron chi connectivity index (χ4n) is 6.87. The van der Waals surface area contributed by atoms with Gasteiger partial charge in [0.2, 0.25) is 0 Å². The van der Waals surface area contributed by atoms with Crippen LogP contribution in [0.2, 0.25) is 10.0 Å². The molecule has 0 aromatic heterocycles. The van der Waals surface area contributed by atoms with Crippen LogP contribution in [0.25, 0.3) is 6.08 Å². The van der Waals surface area contributed by atoms with Gasteiger partial charge in [-0.2, -0.15) is 0 Å². The highest BCUT2D eigenvalue weighted by Crippen LogP contribution is 2.28. The zero-order valence-electron chi connectivity index (χ0n) is 36.8. The summed E-state index contributed by atoms with van der Waals surface area (Å²) in [6.07, 6.45) is 4.95. The molecule has 6 aromatic rings. The van der Waals surface area contributed by atoms with Crippen LogP contribution in [0, 0.1) is 45.4 Å². The smallest absolute Gasteiger partial charge is 0.304 e. The van der Waals surface area contributed by atoms with Gasteiger partial charge in [-0.3, -0.25) is 4.79 Å². The summed E-state index contributed by atoms with van der Waals surface area (Å²) < 4.78 is 19.3. The number of rotatable bonds is 17. The molecule has 6 aromatic carbocycles. The van der Waals surface area contributed by atoms with Crippen molar-refractivity contribution in [3.63, 3.8) is 0 Å². The van der Waals surface area contributed by atoms with E-state index in [1.54, 1.807) is 24.3 Å². The van der Waals surface area contributed by atoms with Gasteiger partial charge in [-0.05, 0) is 139 Å². The first kappa shape index (κ1) is 49.3. The number of allylic oxidation sites excluding steroid dienone is 1. The molecular weight excluding hydrogens is 845 g/mol. The number of ether oxygens (including phenoxy) is 1. The molecule has 3 unspecified atom stereocenters. The van der Waals surface area contributed by atoms with Crippen LogP contribution in [0.15, 0.2) is 133 Å². The lowest BCUT2D eigenvalue weighted by Gasteiger charge is -2.15. The maximum atomic E-state index is 13.9. The lowest BCUT2D eigenvalue weighted by Crippen LogP contribution is -2.21. The minimum absolute atomic E-state index is 0.0337. The molecular formula is C55H56Cl2FNO5. The Morgan fingerprint density at radius 1 is 0.766 bits per heavy atom. The van der Waals surface area contributed by atoms with Crippen molar-refractivity contribution in [3.05, 3.63) is 211 Å². The maximum absolute atomic E-state index is 13.9. The summed E-state index contributed by atoms with van der Waals surface area (Å²) in [5.74, 6) is 6.06. The van der Waals surface area contributed by atoms with Gasteiger partial charge in [-0.25, -0.2) is 4.39 Å². The number of carboxylic acids is 1. The van der Waals surface area contributed by atoms with Gasteiger partial charge in [0.15, 0.2) is 0 Å².